The smallest absolute Gasteiger partial charge is 0.251 e. The summed E-state index contributed by atoms with van der Waals surface area (Å²) in [5.74, 6) is 1.33. The van der Waals surface area contributed by atoms with Gasteiger partial charge in [-0.1, -0.05) is 11.8 Å². The van der Waals surface area contributed by atoms with Crippen LogP contribution in [0.3, 0.4) is 0 Å². The van der Waals surface area contributed by atoms with E-state index in [0.717, 1.165) is 6.07 Å². The highest BCUT2D eigenvalue weighted by molar-refractivity contribution is 5.98. The highest BCUT2D eigenvalue weighted by Crippen LogP contribution is 2.16. The minimum Gasteiger partial charge on any atom is -0.388 e. The third-order valence-corrected chi connectivity index (χ3v) is 5.69. The number of aliphatic hydroxyl groups excluding tert-OH is 1. The summed E-state index contributed by atoms with van der Waals surface area (Å²) in [6.07, 6.45) is 0.416. The van der Waals surface area contributed by atoms with E-state index in [0.29, 0.717) is 28.4 Å². The van der Waals surface area contributed by atoms with E-state index in [9.17, 15) is 27.6 Å². The van der Waals surface area contributed by atoms with Gasteiger partial charge >= 0.3 is 0 Å². The van der Waals surface area contributed by atoms with E-state index in [2.05, 4.69) is 22.5 Å². The largest absolute Gasteiger partial charge is 0.388 e. The van der Waals surface area contributed by atoms with Crippen LogP contribution in [-0.2, 0) is 16.0 Å². The zero-order chi connectivity index (χ0) is 28.4. The van der Waals surface area contributed by atoms with Gasteiger partial charge in [-0.05, 0) is 73.0 Å². The fraction of sp³-hybridized carbons (Fsp3) is 0.207. The Morgan fingerprint density at radius 1 is 0.872 bits per heavy atom. The highest BCUT2D eigenvalue weighted by Gasteiger charge is 2.19. The Hall–Kier alpha value is -4.46. The van der Waals surface area contributed by atoms with Crippen LogP contribution in [0.5, 0.6) is 0 Å². The van der Waals surface area contributed by atoms with Crippen molar-refractivity contribution < 1.29 is 32.7 Å². The summed E-state index contributed by atoms with van der Waals surface area (Å²) < 4.78 is 40.0. The molecule has 0 saturated carbocycles. The number of anilines is 1. The minimum absolute atomic E-state index is 0.0114. The summed E-state index contributed by atoms with van der Waals surface area (Å²) in [5, 5.41) is 14.1. The average Bonchev–Trinajstić information content (AvgIpc) is 2.93. The second-order valence-corrected chi connectivity index (χ2v) is 8.55. The molecule has 0 aliphatic rings. The number of nitrogens with two attached hydrogens (primary N) is 1. The van der Waals surface area contributed by atoms with E-state index in [1.807, 2.05) is 0 Å². The number of aryl methyl sites for hydroxylation is 1. The molecular weight excluding hydrogens is 511 g/mol. The Morgan fingerprint density at radius 2 is 1.46 bits per heavy atom. The first-order valence-corrected chi connectivity index (χ1v) is 12.0. The molecule has 0 fully saturated rings. The summed E-state index contributed by atoms with van der Waals surface area (Å²) in [7, 11) is 0. The zero-order valence-corrected chi connectivity index (χ0v) is 20.8. The molecule has 0 saturated heterocycles. The van der Waals surface area contributed by atoms with E-state index in [1.165, 1.54) is 0 Å². The summed E-state index contributed by atoms with van der Waals surface area (Å²) in [4.78, 5) is 36.0. The molecule has 0 bridgehead atoms. The van der Waals surface area contributed by atoms with Crippen LogP contribution in [-0.4, -0.2) is 41.9 Å². The van der Waals surface area contributed by atoms with Crippen molar-refractivity contribution in [2.75, 3.05) is 18.5 Å². The van der Waals surface area contributed by atoms with Gasteiger partial charge in [0.05, 0.1) is 0 Å². The molecule has 0 aliphatic carbocycles. The quantitative estimate of drug-likeness (QED) is 0.234. The summed E-state index contributed by atoms with van der Waals surface area (Å²) in [6, 6.07) is 13.5. The Bertz CT molecular complexity index is 1400. The van der Waals surface area contributed by atoms with Gasteiger partial charge in [-0.15, -0.1) is 0 Å². The summed E-state index contributed by atoms with van der Waals surface area (Å²) in [6.45, 7) is -0.841. The second kappa shape index (κ2) is 13.9. The number of rotatable bonds is 10. The molecule has 0 aliphatic heterocycles. The molecule has 5 N–H and O–H groups in total. The fourth-order valence-electron chi connectivity index (χ4n) is 3.53. The number of halogens is 3. The lowest BCUT2D eigenvalue weighted by Gasteiger charge is -2.14. The molecule has 3 aromatic carbocycles. The molecule has 3 rings (SSSR count). The van der Waals surface area contributed by atoms with Crippen LogP contribution < -0.4 is 16.4 Å². The number of aliphatic hydroxyl groups is 1. The number of amides is 2. The van der Waals surface area contributed by atoms with Crippen molar-refractivity contribution in [3.63, 3.8) is 0 Å². The predicted octanol–water partition coefficient (Wildman–Crippen LogP) is 3.08. The number of nitrogens with one attached hydrogen (secondary N) is 2. The molecule has 0 radical (unpaired) electrons. The van der Waals surface area contributed by atoms with E-state index in [1.54, 1.807) is 48.5 Å². The first-order chi connectivity index (χ1) is 18.7. The third kappa shape index (κ3) is 8.53. The van der Waals surface area contributed by atoms with E-state index < -0.39 is 41.8 Å². The Morgan fingerprint density at radius 3 is 2.05 bits per heavy atom. The van der Waals surface area contributed by atoms with Crippen molar-refractivity contribution in [2.45, 2.75) is 25.3 Å². The van der Waals surface area contributed by atoms with Crippen LogP contribution in [0.2, 0.25) is 0 Å². The lowest BCUT2D eigenvalue weighted by atomic mass is 10.1. The van der Waals surface area contributed by atoms with Crippen LogP contribution in [0.4, 0.5) is 18.9 Å². The van der Waals surface area contributed by atoms with Crippen LogP contribution in [0.25, 0.3) is 0 Å². The number of hydrogen-bond donors (Lipinski definition) is 4. The molecule has 0 heterocycles. The van der Waals surface area contributed by atoms with Crippen LogP contribution in [0.1, 0.15) is 39.9 Å². The number of carbonyl (C=O) groups excluding carboxylic acids is 3. The van der Waals surface area contributed by atoms with E-state index >= 15 is 0 Å². The van der Waals surface area contributed by atoms with Gasteiger partial charge in [-0.3, -0.25) is 14.4 Å². The first-order valence-electron chi connectivity index (χ1n) is 12.0. The minimum atomic E-state index is -1.25. The van der Waals surface area contributed by atoms with Crippen molar-refractivity contribution in [3.05, 3.63) is 100 Å². The first kappa shape index (κ1) is 29.1. The van der Waals surface area contributed by atoms with Gasteiger partial charge in [0.25, 0.3) is 5.91 Å². The molecule has 39 heavy (non-hydrogen) atoms. The Kier molecular flexibility index (Phi) is 10.4. The van der Waals surface area contributed by atoms with Crippen LogP contribution >= 0.6 is 0 Å². The SMILES string of the molecule is NC[C@H](NC(=O)c1ccc(C#Cc2ccc(NC(=O)CCCc3cc(F)c(F)cc3F)cc2)cc1)C(=O)CO. The lowest BCUT2D eigenvalue weighted by molar-refractivity contribution is -0.123. The topological polar surface area (TPSA) is 122 Å². The van der Waals surface area contributed by atoms with Crippen molar-refractivity contribution in [1.29, 1.82) is 0 Å². The van der Waals surface area contributed by atoms with Gasteiger partial charge in [-0.25, -0.2) is 13.2 Å². The number of ketones is 1. The number of Topliss-reactive ketones (excluding diaryl/α,β-unsaturated/α-hetero) is 1. The maximum absolute atomic E-state index is 13.7. The standard InChI is InChI=1S/C29H26F3N3O4/c30-23-15-25(32)24(31)14-21(23)2-1-3-28(38)34-22-12-8-19(9-13-22)5-4-18-6-10-20(11-7-18)29(39)35-26(16-33)27(37)17-36/h6-15,26,36H,1-3,16-17,33H2,(H,34,38)(H,35,39)/t26-/m0/s1. The lowest BCUT2D eigenvalue weighted by Crippen LogP contribution is -2.46. The van der Waals surface area contributed by atoms with Gasteiger partial charge in [-0.2, -0.15) is 0 Å². The van der Waals surface area contributed by atoms with Gasteiger partial charge in [0.2, 0.25) is 5.91 Å². The van der Waals surface area contributed by atoms with E-state index in [4.69, 9.17) is 10.8 Å². The molecule has 0 aromatic heterocycles. The van der Waals surface area contributed by atoms with Crippen molar-refractivity contribution in [1.82, 2.24) is 5.32 Å². The second-order valence-electron chi connectivity index (χ2n) is 8.55. The summed E-state index contributed by atoms with van der Waals surface area (Å²) >= 11 is 0. The molecule has 10 heteroatoms. The average molecular weight is 538 g/mol. The zero-order valence-electron chi connectivity index (χ0n) is 20.8. The van der Waals surface area contributed by atoms with Gasteiger partial charge < -0.3 is 21.5 Å². The fourth-order valence-corrected chi connectivity index (χ4v) is 3.53. The third-order valence-electron chi connectivity index (χ3n) is 5.69. The van der Waals surface area contributed by atoms with E-state index in [-0.39, 0.29) is 37.3 Å². The molecule has 3 aromatic rings. The van der Waals surface area contributed by atoms with Crippen LogP contribution in [0.15, 0.2) is 60.7 Å². The number of hydrogen-bond acceptors (Lipinski definition) is 5. The number of benzene rings is 3. The van der Waals surface area contributed by atoms with Crippen molar-refractivity contribution in [3.8, 4) is 11.8 Å². The maximum atomic E-state index is 13.7. The molecule has 2 amide bonds. The van der Waals surface area contributed by atoms with Gasteiger partial charge in [0, 0.05) is 41.4 Å². The monoisotopic (exact) mass is 537 g/mol. The molecule has 0 spiro atoms. The van der Waals surface area contributed by atoms with Crippen LogP contribution in [0, 0.1) is 29.3 Å². The molecule has 1 atom stereocenters. The number of carbonyl (C=O) groups is 3. The van der Waals surface area contributed by atoms with Gasteiger partial charge in [0.1, 0.15) is 18.5 Å². The summed E-state index contributed by atoms with van der Waals surface area (Å²) in [5.41, 5.74) is 7.64. The van der Waals surface area contributed by atoms with Crippen molar-refractivity contribution in [2.24, 2.45) is 5.73 Å². The highest BCUT2D eigenvalue weighted by atomic mass is 19.2. The Balaban J connectivity index is 1.50. The Labute approximate surface area is 223 Å². The molecule has 202 valence electrons. The van der Waals surface area contributed by atoms with Gasteiger partial charge in [0.15, 0.2) is 17.4 Å². The van der Waals surface area contributed by atoms with Crippen molar-refractivity contribution >= 4 is 23.3 Å². The predicted molar refractivity (Wildman–Crippen MR) is 139 cm³/mol. The molecule has 0 unspecified atom stereocenters. The molecular formula is C29H26F3N3O4. The molecule has 7 nitrogen and oxygen atoms in total. The maximum Gasteiger partial charge on any atom is 0.251 e. The normalized spacial score (nSPS) is 11.2.